The van der Waals surface area contributed by atoms with Gasteiger partial charge in [0.05, 0.1) is 44.2 Å². The van der Waals surface area contributed by atoms with Crippen LogP contribution in [0.2, 0.25) is 0 Å². The van der Waals surface area contributed by atoms with Crippen molar-refractivity contribution in [3.05, 3.63) is 35.5 Å². The third-order valence-electron chi connectivity index (χ3n) is 8.73. The Morgan fingerprint density at radius 3 is 2.79 bits per heavy atom. The molecule has 8 nitrogen and oxygen atoms in total. The predicted octanol–water partition coefficient (Wildman–Crippen LogP) is 4.70. The lowest BCUT2D eigenvalue weighted by molar-refractivity contribution is -0.137. The second-order valence-corrected chi connectivity index (χ2v) is 11.4. The molecule has 4 aliphatic rings. The molecule has 3 saturated heterocycles. The fraction of sp³-hybridized carbons (Fsp3) is 0.536. The van der Waals surface area contributed by atoms with Gasteiger partial charge in [0.25, 0.3) is 0 Å². The Balaban J connectivity index is 1.40. The van der Waals surface area contributed by atoms with E-state index in [1.165, 1.54) is 4.90 Å². The van der Waals surface area contributed by atoms with Crippen molar-refractivity contribution in [2.45, 2.75) is 49.4 Å². The van der Waals surface area contributed by atoms with Crippen LogP contribution >= 0.6 is 0 Å². The number of nitrogens with zero attached hydrogens (tertiary/aromatic N) is 5. The molecule has 5 heterocycles. The molecule has 230 valence electrons. The average molecular weight is 615 g/mol. The molecule has 15 heteroatoms. The first-order valence-corrected chi connectivity index (χ1v) is 13.8. The minimum atomic E-state index is -5.11. The van der Waals surface area contributed by atoms with Crippen LogP contribution in [-0.2, 0) is 10.9 Å². The zero-order valence-corrected chi connectivity index (χ0v) is 22.5. The first-order valence-electron chi connectivity index (χ1n) is 14.8. The standard InChI is InChI=1S/C28H27F7N6O2/c29-13-8-27(2-1-3-40(27)10-13)12-43-26-38-23-15(25(39-26)41-4-5-42-11-16-20(31)24(16)41)9-37-22(21(23)32)14-6-19(36)18(30)7-17(14)28(33,34)35/h6-7,9,13,16,20,24H,1-5,8,10-12,36H2/t13-,16+,20+,24+,27+/m1/s1/i12D2. The van der Waals surface area contributed by atoms with E-state index < -0.39 is 88.2 Å². The van der Waals surface area contributed by atoms with E-state index in [0.717, 1.165) is 6.20 Å². The van der Waals surface area contributed by atoms with Crippen molar-refractivity contribution in [2.24, 2.45) is 5.92 Å². The fourth-order valence-electron chi connectivity index (χ4n) is 6.58. The third-order valence-corrected chi connectivity index (χ3v) is 8.73. The number of nitrogens with two attached hydrogens (primary N) is 1. The van der Waals surface area contributed by atoms with E-state index in [1.54, 1.807) is 4.90 Å². The Hall–Kier alpha value is -3.46. The number of alkyl halides is 5. The minimum Gasteiger partial charge on any atom is -0.461 e. The molecule has 43 heavy (non-hydrogen) atoms. The van der Waals surface area contributed by atoms with E-state index in [0.29, 0.717) is 19.0 Å². The molecule has 7 rings (SSSR count). The summed E-state index contributed by atoms with van der Waals surface area (Å²) >= 11 is 0. The Morgan fingerprint density at radius 1 is 1.19 bits per heavy atom. The van der Waals surface area contributed by atoms with Gasteiger partial charge < -0.3 is 20.1 Å². The number of hydrogen-bond acceptors (Lipinski definition) is 8. The fourth-order valence-corrected chi connectivity index (χ4v) is 6.58. The molecule has 5 atom stereocenters. The topological polar surface area (TPSA) is 89.6 Å². The van der Waals surface area contributed by atoms with Gasteiger partial charge in [0.15, 0.2) is 5.82 Å². The molecule has 1 saturated carbocycles. The highest BCUT2D eigenvalue weighted by Gasteiger charge is 2.56. The molecule has 0 amide bonds. The number of halogens is 7. The van der Waals surface area contributed by atoms with Crippen molar-refractivity contribution < 1.29 is 42.9 Å². The van der Waals surface area contributed by atoms with Crippen LogP contribution in [-0.4, -0.2) is 83.2 Å². The summed E-state index contributed by atoms with van der Waals surface area (Å²) in [6.07, 6.45) is -6.03. The van der Waals surface area contributed by atoms with Crippen LogP contribution in [0.25, 0.3) is 22.2 Å². The van der Waals surface area contributed by atoms with E-state index in [-0.39, 0.29) is 56.4 Å². The third kappa shape index (κ3) is 4.71. The summed E-state index contributed by atoms with van der Waals surface area (Å²) in [5.41, 5.74) is -0.336. The van der Waals surface area contributed by atoms with Gasteiger partial charge in [-0.15, -0.1) is 0 Å². The molecule has 0 spiro atoms. The monoisotopic (exact) mass is 614 g/mol. The number of ether oxygens (including phenoxy) is 2. The molecule has 0 unspecified atom stereocenters. The molecular formula is C28H27F7N6O2. The Labute approximate surface area is 243 Å². The van der Waals surface area contributed by atoms with Gasteiger partial charge in [0.1, 0.15) is 41.7 Å². The van der Waals surface area contributed by atoms with Gasteiger partial charge in [-0.1, -0.05) is 0 Å². The first kappa shape index (κ1) is 26.0. The lowest BCUT2D eigenvalue weighted by Crippen LogP contribution is -2.43. The summed E-state index contributed by atoms with van der Waals surface area (Å²) in [5, 5.41) is -0.113. The van der Waals surface area contributed by atoms with E-state index in [2.05, 4.69) is 15.0 Å². The van der Waals surface area contributed by atoms with Crippen molar-refractivity contribution >= 4 is 22.4 Å². The van der Waals surface area contributed by atoms with Gasteiger partial charge >= 0.3 is 12.2 Å². The number of pyridine rings is 1. The van der Waals surface area contributed by atoms with Crippen molar-refractivity contribution in [1.29, 1.82) is 0 Å². The second-order valence-electron chi connectivity index (χ2n) is 11.4. The van der Waals surface area contributed by atoms with Crippen molar-refractivity contribution in [3.63, 3.8) is 0 Å². The number of aromatic nitrogens is 3. The Morgan fingerprint density at radius 2 is 2.00 bits per heavy atom. The van der Waals surface area contributed by atoms with E-state index in [9.17, 15) is 26.3 Å². The minimum absolute atomic E-state index is 0.00737. The van der Waals surface area contributed by atoms with Crippen molar-refractivity contribution in [3.8, 4) is 17.3 Å². The average Bonchev–Trinajstić information content (AvgIpc) is 3.32. The molecule has 1 aromatic carbocycles. The summed E-state index contributed by atoms with van der Waals surface area (Å²) in [5.74, 6) is -3.35. The summed E-state index contributed by atoms with van der Waals surface area (Å²) in [7, 11) is 0. The van der Waals surface area contributed by atoms with Gasteiger partial charge in [0.2, 0.25) is 0 Å². The summed E-state index contributed by atoms with van der Waals surface area (Å²) in [4.78, 5) is 15.5. The van der Waals surface area contributed by atoms with E-state index in [4.69, 9.17) is 17.9 Å². The van der Waals surface area contributed by atoms with Crippen LogP contribution in [0.3, 0.4) is 0 Å². The lowest BCUT2D eigenvalue weighted by Gasteiger charge is -2.31. The Bertz CT molecular complexity index is 1680. The molecule has 3 aromatic rings. The van der Waals surface area contributed by atoms with Gasteiger partial charge in [-0.05, 0) is 31.5 Å². The van der Waals surface area contributed by atoms with Gasteiger partial charge in [-0.2, -0.15) is 23.1 Å². The highest BCUT2D eigenvalue weighted by Crippen LogP contribution is 2.46. The zero-order chi connectivity index (χ0) is 32.1. The maximum Gasteiger partial charge on any atom is 0.417 e. The quantitative estimate of drug-likeness (QED) is 0.327. The summed E-state index contributed by atoms with van der Waals surface area (Å²) in [6, 6.07) is -0.654. The number of nitrogen functional groups attached to an aromatic ring is 1. The maximum absolute atomic E-state index is 16.4. The second kappa shape index (κ2) is 10.0. The molecule has 3 aliphatic heterocycles. The lowest BCUT2D eigenvalue weighted by atomic mass is 9.95. The molecule has 0 radical (unpaired) electrons. The molecule has 4 fully saturated rings. The number of anilines is 2. The molecule has 2 aromatic heterocycles. The normalized spacial score (nSPS) is 30.1. The van der Waals surface area contributed by atoms with Crippen LogP contribution in [0.15, 0.2) is 18.3 Å². The zero-order valence-electron chi connectivity index (χ0n) is 24.5. The maximum atomic E-state index is 16.4. The number of fused-ring (bicyclic) bond motifs is 3. The van der Waals surface area contributed by atoms with Gasteiger partial charge in [-0.3, -0.25) is 9.88 Å². The number of hydrogen-bond donors (Lipinski definition) is 1. The van der Waals surface area contributed by atoms with E-state index in [1.807, 2.05) is 0 Å². The summed E-state index contributed by atoms with van der Waals surface area (Å²) < 4.78 is 130. The molecular weight excluding hydrogens is 585 g/mol. The van der Waals surface area contributed by atoms with E-state index >= 15 is 4.39 Å². The van der Waals surface area contributed by atoms with Crippen LogP contribution in [0.5, 0.6) is 6.01 Å². The number of rotatable bonds is 5. The van der Waals surface area contributed by atoms with Crippen molar-refractivity contribution in [2.75, 3.05) is 50.0 Å². The van der Waals surface area contributed by atoms with Crippen LogP contribution in [0.4, 0.5) is 42.2 Å². The highest BCUT2D eigenvalue weighted by molar-refractivity contribution is 5.92. The van der Waals surface area contributed by atoms with Crippen LogP contribution in [0.1, 0.15) is 27.6 Å². The predicted molar refractivity (Wildman–Crippen MR) is 141 cm³/mol. The SMILES string of the molecule is [2H]C([2H])(Oc1nc(N2CCOC[C@H]3[C@H](F)[C@H]32)c2cnc(-c3cc(N)c(F)cc3C(F)(F)F)c(F)c2n1)[C@@]12CCCN1C[C@H](F)C2. The Kier molecular flexibility index (Phi) is 6.07. The smallest absolute Gasteiger partial charge is 0.417 e. The van der Waals surface area contributed by atoms with Gasteiger partial charge in [0, 0.05) is 37.2 Å². The molecule has 0 bridgehead atoms. The molecule has 1 aliphatic carbocycles. The van der Waals surface area contributed by atoms with Gasteiger partial charge in [-0.25, -0.2) is 17.6 Å². The largest absolute Gasteiger partial charge is 0.461 e. The first-order chi connectivity index (χ1) is 21.2. The van der Waals surface area contributed by atoms with Crippen LogP contribution < -0.4 is 15.4 Å². The van der Waals surface area contributed by atoms with Crippen molar-refractivity contribution in [1.82, 2.24) is 19.9 Å². The highest BCUT2D eigenvalue weighted by atomic mass is 19.4. The van der Waals surface area contributed by atoms with Crippen LogP contribution in [0, 0.1) is 17.6 Å². The molecule has 2 N–H and O–H groups in total. The summed E-state index contributed by atoms with van der Waals surface area (Å²) in [6.45, 7) is -1.76. The number of benzene rings is 1.